The van der Waals surface area contributed by atoms with Crippen molar-refractivity contribution in [2.75, 3.05) is 11.3 Å². The van der Waals surface area contributed by atoms with Gasteiger partial charge in [-0.25, -0.2) is 13.2 Å². The highest BCUT2D eigenvalue weighted by atomic mass is 32.2. The third kappa shape index (κ3) is 3.53. The van der Waals surface area contributed by atoms with Gasteiger partial charge in [0.2, 0.25) is 0 Å². The number of hydrogen-bond acceptors (Lipinski definition) is 5. The van der Waals surface area contributed by atoms with Crippen molar-refractivity contribution in [3.05, 3.63) is 41.1 Å². The minimum atomic E-state index is -3.84. The zero-order chi connectivity index (χ0) is 17.2. The SMILES string of the molecule is CCOC(=O)c1cnn(C)c1NS(=O)(=O)c1ccc(C)cc1C. The molecule has 1 aromatic carbocycles. The summed E-state index contributed by atoms with van der Waals surface area (Å²) in [6, 6.07) is 5.04. The Morgan fingerprint density at radius 1 is 1.35 bits per heavy atom. The first kappa shape index (κ1) is 17.0. The van der Waals surface area contributed by atoms with E-state index in [1.54, 1.807) is 33.0 Å². The van der Waals surface area contributed by atoms with E-state index in [1.807, 2.05) is 6.92 Å². The van der Waals surface area contributed by atoms with E-state index in [4.69, 9.17) is 4.74 Å². The number of carbonyl (C=O) groups is 1. The maximum absolute atomic E-state index is 12.6. The number of anilines is 1. The molecule has 0 bridgehead atoms. The number of rotatable bonds is 5. The Hall–Kier alpha value is -2.35. The summed E-state index contributed by atoms with van der Waals surface area (Å²) in [6.45, 7) is 5.47. The topological polar surface area (TPSA) is 90.3 Å². The standard InChI is InChI=1S/C15H19N3O4S/c1-5-22-15(19)12-9-16-18(4)14(12)17-23(20,21)13-7-6-10(2)8-11(13)3/h6-9,17H,5H2,1-4H3. The van der Waals surface area contributed by atoms with Gasteiger partial charge in [0.05, 0.1) is 17.7 Å². The Bertz CT molecular complexity index is 840. The van der Waals surface area contributed by atoms with Gasteiger partial charge in [-0.1, -0.05) is 17.7 Å². The van der Waals surface area contributed by atoms with Crippen molar-refractivity contribution in [2.24, 2.45) is 7.05 Å². The molecule has 1 aromatic heterocycles. The van der Waals surface area contributed by atoms with Crippen molar-refractivity contribution in [3.8, 4) is 0 Å². The van der Waals surface area contributed by atoms with Crippen LogP contribution in [-0.2, 0) is 21.8 Å². The molecule has 0 saturated heterocycles. The predicted octanol–water partition coefficient (Wildman–Crippen LogP) is 2.01. The second-order valence-electron chi connectivity index (χ2n) is 5.13. The normalized spacial score (nSPS) is 11.3. The van der Waals surface area contributed by atoms with Gasteiger partial charge in [-0.3, -0.25) is 9.40 Å². The Morgan fingerprint density at radius 2 is 2.04 bits per heavy atom. The highest BCUT2D eigenvalue weighted by Crippen LogP contribution is 2.23. The number of benzene rings is 1. The fraction of sp³-hybridized carbons (Fsp3) is 0.333. The zero-order valence-corrected chi connectivity index (χ0v) is 14.3. The van der Waals surface area contributed by atoms with E-state index < -0.39 is 16.0 Å². The van der Waals surface area contributed by atoms with E-state index in [2.05, 4.69) is 9.82 Å². The second kappa shape index (κ2) is 6.41. The first-order chi connectivity index (χ1) is 10.8. The van der Waals surface area contributed by atoms with Crippen LogP contribution in [0.2, 0.25) is 0 Å². The van der Waals surface area contributed by atoms with Crippen LogP contribution in [0.25, 0.3) is 0 Å². The van der Waals surface area contributed by atoms with E-state index >= 15 is 0 Å². The minimum absolute atomic E-state index is 0.0719. The van der Waals surface area contributed by atoms with E-state index in [0.29, 0.717) is 5.56 Å². The molecule has 0 aliphatic rings. The van der Waals surface area contributed by atoms with E-state index in [9.17, 15) is 13.2 Å². The molecule has 23 heavy (non-hydrogen) atoms. The quantitative estimate of drug-likeness (QED) is 0.843. The summed E-state index contributed by atoms with van der Waals surface area (Å²) in [5.41, 5.74) is 1.66. The van der Waals surface area contributed by atoms with Crippen LogP contribution < -0.4 is 4.72 Å². The number of carbonyl (C=O) groups excluding carboxylic acids is 1. The van der Waals surface area contributed by atoms with Crippen molar-refractivity contribution < 1.29 is 17.9 Å². The maximum Gasteiger partial charge on any atom is 0.343 e. The van der Waals surface area contributed by atoms with Gasteiger partial charge in [-0.15, -0.1) is 0 Å². The smallest absolute Gasteiger partial charge is 0.343 e. The number of ether oxygens (including phenoxy) is 1. The fourth-order valence-corrected chi connectivity index (χ4v) is 3.54. The summed E-state index contributed by atoms with van der Waals surface area (Å²) in [6.07, 6.45) is 1.28. The molecule has 2 rings (SSSR count). The van der Waals surface area contributed by atoms with Gasteiger partial charge in [0.25, 0.3) is 10.0 Å². The van der Waals surface area contributed by atoms with Crippen molar-refractivity contribution in [1.82, 2.24) is 9.78 Å². The second-order valence-corrected chi connectivity index (χ2v) is 6.78. The lowest BCUT2D eigenvalue weighted by atomic mass is 10.2. The van der Waals surface area contributed by atoms with E-state index in [1.165, 1.54) is 16.9 Å². The Balaban J connectivity index is 2.42. The van der Waals surface area contributed by atoms with Crippen LogP contribution in [0, 0.1) is 13.8 Å². The Kier molecular flexibility index (Phi) is 4.74. The zero-order valence-electron chi connectivity index (χ0n) is 13.5. The minimum Gasteiger partial charge on any atom is -0.462 e. The summed E-state index contributed by atoms with van der Waals surface area (Å²) in [5, 5.41) is 3.92. The molecule has 0 fully saturated rings. The van der Waals surface area contributed by atoms with Crippen LogP contribution in [0.3, 0.4) is 0 Å². The lowest BCUT2D eigenvalue weighted by Gasteiger charge is -2.12. The number of hydrogen-bond donors (Lipinski definition) is 1. The maximum atomic E-state index is 12.6. The molecule has 1 N–H and O–H groups in total. The average Bonchev–Trinajstić information content (AvgIpc) is 2.79. The van der Waals surface area contributed by atoms with Crippen LogP contribution in [0.5, 0.6) is 0 Å². The number of aromatic nitrogens is 2. The van der Waals surface area contributed by atoms with Gasteiger partial charge in [0, 0.05) is 7.05 Å². The molecule has 0 spiro atoms. The summed E-state index contributed by atoms with van der Waals surface area (Å²) < 4.78 is 33.8. The number of nitrogens with zero attached hydrogens (tertiary/aromatic N) is 2. The molecule has 1 heterocycles. The molecule has 0 atom stereocenters. The molecule has 0 amide bonds. The van der Waals surface area contributed by atoms with Crippen LogP contribution in [-0.4, -0.2) is 30.8 Å². The highest BCUT2D eigenvalue weighted by Gasteiger charge is 2.24. The Labute approximate surface area is 135 Å². The number of sulfonamides is 1. The summed E-state index contributed by atoms with van der Waals surface area (Å²) in [5.74, 6) is -0.553. The van der Waals surface area contributed by atoms with Gasteiger partial charge in [0.15, 0.2) is 5.82 Å². The van der Waals surface area contributed by atoms with Gasteiger partial charge < -0.3 is 4.74 Å². The Morgan fingerprint density at radius 3 is 2.65 bits per heavy atom. The highest BCUT2D eigenvalue weighted by molar-refractivity contribution is 7.92. The van der Waals surface area contributed by atoms with Gasteiger partial charge in [-0.2, -0.15) is 5.10 Å². The van der Waals surface area contributed by atoms with Crippen molar-refractivity contribution in [2.45, 2.75) is 25.7 Å². The summed E-state index contributed by atoms with van der Waals surface area (Å²) in [7, 11) is -2.30. The molecule has 2 aromatic rings. The van der Waals surface area contributed by atoms with Crippen LogP contribution in [0.1, 0.15) is 28.4 Å². The molecule has 0 aliphatic carbocycles. The molecular formula is C15H19N3O4S. The van der Waals surface area contributed by atoms with Crippen LogP contribution in [0.15, 0.2) is 29.3 Å². The van der Waals surface area contributed by atoms with Gasteiger partial charge in [-0.05, 0) is 32.4 Å². The summed E-state index contributed by atoms with van der Waals surface area (Å²) >= 11 is 0. The third-order valence-corrected chi connectivity index (χ3v) is 4.78. The fourth-order valence-electron chi connectivity index (χ4n) is 2.20. The van der Waals surface area contributed by atoms with E-state index in [0.717, 1.165) is 5.56 Å². The van der Waals surface area contributed by atoms with Crippen molar-refractivity contribution in [3.63, 3.8) is 0 Å². The van der Waals surface area contributed by atoms with Gasteiger partial charge >= 0.3 is 5.97 Å². The van der Waals surface area contributed by atoms with Crippen LogP contribution >= 0.6 is 0 Å². The van der Waals surface area contributed by atoms with Crippen LogP contribution in [0.4, 0.5) is 5.82 Å². The van der Waals surface area contributed by atoms with E-state index in [-0.39, 0.29) is 22.9 Å². The number of nitrogens with one attached hydrogen (secondary N) is 1. The predicted molar refractivity (Wildman–Crippen MR) is 85.9 cm³/mol. The average molecular weight is 337 g/mol. The number of esters is 1. The van der Waals surface area contributed by atoms with Gasteiger partial charge in [0.1, 0.15) is 5.56 Å². The third-order valence-electron chi connectivity index (χ3n) is 3.29. The number of aryl methyl sites for hydroxylation is 3. The van der Waals surface area contributed by atoms with Crippen molar-refractivity contribution in [1.29, 1.82) is 0 Å². The molecule has 7 nitrogen and oxygen atoms in total. The first-order valence-corrected chi connectivity index (χ1v) is 8.53. The first-order valence-electron chi connectivity index (χ1n) is 7.05. The molecule has 0 radical (unpaired) electrons. The lowest BCUT2D eigenvalue weighted by Crippen LogP contribution is -2.19. The lowest BCUT2D eigenvalue weighted by molar-refractivity contribution is 0.0527. The van der Waals surface area contributed by atoms with Crippen molar-refractivity contribution >= 4 is 21.8 Å². The molecule has 0 unspecified atom stereocenters. The molecule has 0 saturated carbocycles. The molecule has 8 heteroatoms. The molecular weight excluding hydrogens is 318 g/mol. The monoisotopic (exact) mass is 337 g/mol. The summed E-state index contributed by atoms with van der Waals surface area (Å²) in [4.78, 5) is 12.1. The largest absolute Gasteiger partial charge is 0.462 e. The molecule has 124 valence electrons. The molecule has 0 aliphatic heterocycles.